The highest BCUT2D eigenvalue weighted by molar-refractivity contribution is 8.76. The Morgan fingerprint density at radius 2 is 1.74 bits per heavy atom. The monoisotopic (exact) mass is 778 g/mol. The topological polar surface area (TPSA) is 198 Å². The molecule has 9 rings (SSSR count). The van der Waals surface area contributed by atoms with Crippen LogP contribution in [0.5, 0.6) is 0 Å². The van der Waals surface area contributed by atoms with E-state index in [-0.39, 0.29) is 65.4 Å². The van der Waals surface area contributed by atoms with Gasteiger partial charge >= 0.3 is 0 Å². The normalized spacial score (nSPS) is 49.2. The number of piperidine rings is 2. The Morgan fingerprint density at radius 1 is 0.925 bits per heavy atom. The predicted molar refractivity (Wildman–Crippen MR) is 199 cm³/mol. The molecule has 8 unspecified atom stereocenters. The van der Waals surface area contributed by atoms with Gasteiger partial charge in [0.15, 0.2) is 12.1 Å². The Labute approximate surface area is 319 Å². The molecule has 8 N–H and O–H groups in total. The second-order valence-corrected chi connectivity index (χ2v) is 20.0. The summed E-state index contributed by atoms with van der Waals surface area (Å²) < 4.78 is 12.4. The van der Waals surface area contributed by atoms with Gasteiger partial charge in [-0.15, -0.1) is 0 Å². The quantitative estimate of drug-likeness (QED) is 0.194. The molecule has 12 nitrogen and oxygen atoms in total. The van der Waals surface area contributed by atoms with Crippen molar-refractivity contribution in [2.75, 3.05) is 25.5 Å². The van der Waals surface area contributed by atoms with E-state index in [0.29, 0.717) is 38.0 Å². The summed E-state index contributed by atoms with van der Waals surface area (Å²) in [5.74, 6) is -1.52. The lowest BCUT2D eigenvalue weighted by atomic mass is 9.52. The van der Waals surface area contributed by atoms with E-state index in [2.05, 4.69) is 10.6 Å². The zero-order valence-corrected chi connectivity index (χ0v) is 32.0. The van der Waals surface area contributed by atoms with Crippen LogP contribution < -0.4 is 10.6 Å². The van der Waals surface area contributed by atoms with Gasteiger partial charge in [0.1, 0.15) is 40.9 Å². The van der Waals surface area contributed by atoms with E-state index in [1.807, 2.05) is 6.08 Å². The van der Waals surface area contributed by atoms with Crippen molar-refractivity contribution in [3.63, 3.8) is 0 Å². The van der Waals surface area contributed by atoms with Crippen molar-refractivity contribution in [3.05, 3.63) is 23.5 Å². The Hall–Kier alpha value is -1.04. The smallest absolute Gasteiger partial charge is 0.187 e. The van der Waals surface area contributed by atoms with E-state index in [1.165, 1.54) is 10.8 Å². The summed E-state index contributed by atoms with van der Waals surface area (Å²) in [7, 11) is 3.18. The van der Waals surface area contributed by atoms with Gasteiger partial charge in [-0.05, 0) is 106 Å². The lowest BCUT2D eigenvalue weighted by Crippen LogP contribution is -2.69. The largest absolute Gasteiger partial charge is 0.511 e. The molecule has 14 heteroatoms. The molecule has 8 bridgehead atoms. The van der Waals surface area contributed by atoms with Crippen molar-refractivity contribution in [2.45, 2.75) is 131 Å². The molecule has 4 aliphatic carbocycles. The molecule has 16 atom stereocenters. The van der Waals surface area contributed by atoms with Gasteiger partial charge in [-0.2, -0.15) is 0 Å². The summed E-state index contributed by atoms with van der Waals surface area (Å²) in [6.07, 6.45) is 6.40. The minimum absolute atomic E-state index is 0.0335. The Morgan fingerprint density at radius 3 is 2.55 bits per heavy atom. The maximum absolute atomic E-state index is 15.2. The number of fused-ring (bicyclic) bond motifs is 4. The fourth-order valence-electron chi connectivity index (χ4n) is 11.5. The van der Waals surface area contributed by atoms with Crippen molar-refractivity contribution in [3.8, 4) is 0 Å². The highest BCUT2D eigenvalue weighted by Gasteiger charge is 2.64. The molecule has 9 aliphatic rings. The van der Waals surface area contributed by atoms with Crippen molar-refractivity contribution < 1.29 is 49.7 Å². The second kappa shape index (κ2) is 15.7. The van der Waals surface area contributed by atoms with Crippen LogP contribution in [0.25, 0.3) is 0 Å². The molecule has 0 aromatic rings. The van der Waals surface area contributed by atoms with E-state index >= 15 is 4.79 Å². The van der Waals surface area contributed by atoms with Gasteiger partial charge in [0, 0.05) is 18.3 Å². The van der Waals surface area contributed by atoms with Gasteiger partial charge in [0.2, 0.25) is 0 Å². The van der Waals surface area contributed by atoms with Gasteiger partial charge in [-0.1, -0.05) is 46.9 Å². The number of hydrogen-bond acceptors (Lipinski definition) is 14. The zero-order valence-electron chi connectivity index (χ0n) is 30.4. The summed E-state index contributed by atoms with van der Waals surface area (Å²) in [6, 6.07) is 0. The first-order chi connectivity index (χ1) is 25.6. The molecular weight excluding hydrogens is 721 g/mol. The lowest BCUT2D eigenvalue weighted by molar-refractivity contribution is -0.346. The molecule has 3 saturated carbocycles. The molecule has 0 amide bonds. The zero-order chi connectivity index (χ0) is 37.1. The molecule has 5 aliphatic heterocycles. The third-order valence-electron chi connectivity index (χ3n) is 14.5. The van der Waals surface area contributed by atoms with Crippen molar-refractivity contribution >= 4 is 33.2 Å². The maximum atomic E-state index is 15.2. The summed E-state index contributed by atoms with van der Waals surface area (Å²) in [5.41, 5.74) is -2.66. The van der Waals surface area contributed by atoms with Crippen LogP contribution in [0.3, 0.4) is 0 Å². The summed E-state index contributed by atoms with van der Waals surface area (Å²) >= 11 is 0. The molecule has 5 saturated heterocycles. The van der Waals surface area contributed by atoms with Crippen LogP contribution in [0.1, 0.15) is 83.5 Å². The van der Waals surface area contributed by atoms with E-state index in [1.54, 1.807) is 16.9 Å². The number of aliphatic hydroxyl groups excluding tert-OH is 5. The standard InChI is InChI=1S/C39H58N2O10S2/c42-17-21-4-1-3-20(13-21)14-22-15-26-32(45)25-5-2-6-27-31(25)34(47)38(26,29(44)16-22)19-52-53-30-8-7-24-23(10-12-40-36(24)41-30)9-11-39(49)33(46)28(18-43)51-37(50-27)35(39)48/h15-16,20-21,23-28,30-31,33,35-37,40-44,46,48-49H,1-14,17-19H2/t20?,21?,23?,24?,25?,26-,27?,28+,30-,31?,33+,35-,36?,37+,38-,39+/m0/s1. The predicted octanol–water partition coefficient (Wildman–Crippen LogP) is 2.72. The van der Waals surface area contributed by atoms with Gasteiger partial charge < -0.3 is 45.4 Å². The number of nitrogens with one attached hydrogen (secondary N) is 2. The first-order valence-electron chi connectivity index (χ1n) is 20.2. The number of carbonyl (C=O) groups is 2. The summed E-state index contributed by atoms with van der Waals surface area (Å²) in [6.45, 7) is 0.331. The molecule has 1 spiro atoms. The minimum atomic E-state index is -2.03. The van der Waals surface area contributed by atoms with E-state index in [0.717, 1.165) is 57.1 Å². The number of allylic oxidation sites excluding steroid dienone is 4. The number of hydrogen-bond donors (Lipinski definition) is 8. The Balaban J connectivity index is 1.15. The van der Waals surface area contributed by atoms with Gasteiger partial charge in [-0.3, -0.25) is 14.9 Å². The van der Waals surface area contributed by atoms with Gasteiger partial charge in [0.05, 0.1) is 36.1 Å². The van der Waals surface area contributed by atoms with Crippen LogP contribution in [0.15, 0.2) is 23.5 Å². The van der Waals surface area contributed by atoms with Crippen LogP contribution >= 0.6 is 21.6 Å². The maximum Gasteiger partial charge on any atom is 0.187 e. The second-order valence-electron chi connectivity index (χ2n) is 17.4. The number of rotatable bonds is 4. The summed E-state index contributed by atoms with van der Waals surface area (Å²) in [5, 5.41) is 74.8. The van der Waals surface area contributed by atoms with Crippen LogP contribution in [0.4, 0.5) is 0 Å². The fourth-order valence-corrected chi connectivity index (χ4v) is 14.6. The molecule has 5 heterocycles. The van der Waals surface area contributed by atoms with Gasteiger partial charge in [-0.25, -0.2) is 0 Å². The fraction of sp³-hybridized carbons (Fsp3) is 0.846. The first-order valence-corrected chi connectivity index (χ1v) is 22.5. The SMILES string of the molecule is O=C1C2CCCC3O[C@@H]4O[C@H](CO)[C@@H](O)[C@](O)(CCC5CCNC6N[C@H](CCC56)SSC[C@@]5(C(=O)C32)C(O)=CC(CC2CCCC(CO)C2)=C[C@@H]15)[C@H]4O. The minimum Gasteiger partial charge on any atom is -0.511 e. The number of ether oxygens (including phenoxy) is 2. The molecule has 0 radical (unpaired) electrons. The number of Topliss-reactive ketones (excluding diaryl/α,β-unsaturated/α-hetero) is 2. The first kappa shape index (κ1) is 38.8. The lowest BCUT2D eigenvalue weighted by Gasteiger charge is -2.53. The third kappa shape index (κ3) is 6.91. The average molecular weight is 779 g/mol. The van der Waals surface area contributed by atoms with Crippen molar-refractivity contribution in [2.24, 2.45) is 46.8 Å². The van der Waals surface area contributed by atoms with Crippen molar-refractivity contribution in [1.29, 1.82) is 0 Å². The Kier molecular flexibility index (Phi) is 11.5. The third-order valence-corrected chi connectivity index (χ3v) is 17.2. The molecule has 0 aromatic carbocycles. The van der Waals surface area contributed by atoms with Crippen LogP contribution in [-0.4, -0.2) is 116 Å². The molecule has 8 fully saturated rings. The van der Waals surface area contributed by atoms with Crippen molar-refractivity contribution in [1.82, 2.24) is 10.6 Å². The number of ketones is 2. The molecule has 53 heavy (non-hydrogen) atoms. The number of aliphatic hydroxyl groups is 6. The van der Waals surface area contributed by atoms with E-state index < -0.39 is 66.1 Å². The molecule has 296 valence electrons. The Bertz CT molecular complexity index is 1450. The van der Waals surface area contributed by atoms with Crippen LogP contribution in [0, 0.1) is 46.8 Å². The highest BCUT2D eigenvalue weighted by Crippen LogP contribution is 2.57. The number of carbonyl (C=O) groups excluding carboxylic acids is 2. The summed E-state index contributed by atoms with van der Waals surface area (Å²) in [4.78, 5) is 30.0. The van der Waals surface area contributed by atoms with E-state index in [9.17, 15) is 35.4 Å². The van der Waals surface area contributed by atoms with E-state index in [4.69, 9.17) is 9.47 Å². The highest BCUT2D eigenvalue weighted by atomic mass is 33.1. The average Bonchev–Trinajstić information content (AvgIpc) is 3.16. The van der Waals surface area contributed by atoms with Crippen LogP contribution in [-0.2, 0) is 19.1 Å². The molecule has 0 aromatic heterocycles. The van der Waals surface area contributed by atoms with Crippen LogP contribution in [0.2, 0.25) is 0 Å². The molecular formula is C39H58N2O10S2. The van der Waals surface area contributed by atoms with Gasteiger partial charge in [0.25, 0.3) is 0 Å².